The van der Waals surface area contributed by atoms with E-state index in [2.05, 4.69) is 52.6 Å². The third-order valence-corrected chi connectivity index (χ3v) is 10.6. The molecule has 2 saturated heterocycles. The summed E-state index contributed by atoms with van der Waals surface area (Å²) in [4.78, 5) is 34.7. The number of hydrogen-bond acceptors (Lipinski definition) is 5. The van der Waals surface area contributed by atoms with Gasteiger partial charge in [-0.25, -0.2) is 4.39 Å². The first kappa shape index (κ1) is 30.3. The minimum Gasteiger partial charge on any atom is -0.345 e. The van der Waals surface area contributed by atoms with Gasteiger partial charge >= 0.3 is 0 Å². The molecule has 1 N–H and O–H groups in total. The van der Waals surface area contributed by atoms with Crippen LogP contribution in [-0.4, -0.2) is 59.8 Å². The topological polar surface area (TPSA) is 89.3 Å². The van der Waals surface area contributed by atoms with Crippen molar-refractivity contribution in [2.24, 2.45) is 10.8 Å². The van der Waals surface area contributed by atoms with Crippen LogP contribution in [0, 0.1) is 28.0 Å². The molecule has 7 rings (SSSR count). The Morgan fingerprint density at radius 1 is 0.978 bits per heavy atom. The first-order valence-electron chi connectivity index (χ1n) is 16.4. The van der Waals surface area contributed by atoms with E-state index >= 15 is 0 Å². The number of hydrogen-bond donors (Lipinski definition) is 1. The van der Waals surface area contributed by atoms with Crippen molar-refractivity contribution in [2.75, 3.05) is 33.2 Å². The standard InChI is InChI=1S/C38H40FN5O2/c1-25(42-35(45)31-17-30(20-41-21-31)27-11-15-44(16-12-27)36(46)38(22-40)13-14-38)26-3-5-28(6-4-26)34(29-7-9-33(39)10-8-29)32-18-37(19-32)23-43(2)24-37/h3-10,17,20-21,25,27H,11-16,18-19,23-24H2,1-2H3,(H,42,45)/t25-/m1/s1. The van der Waals surface area contributed by atoms with Gasteiger partial charge in [-0.05, 0) is 104 Å². The number of piperidine rings is 1. The van der Waals surface area contributed by atoms with E-state index in [4.69, 9.17) is 0 Å². The Kier molecular flexibility index (Phi) is 7.76. The highest BCUT2D eigenvalue weighted by atomic mass is 19.1. The van der Waals surface area contributed by atoms with E-state index in [-0.39, 0.29) is 29.6 Å². The predicted molar refractivity (Wildman–Crippen MR) is 174 cm³/mol. The van der Waals surface area contributed by atoms with Crippen molar-refractivity contribution in [1.29, 1.82) is 5.26 Å². The SMILES string of the molecule is C[C@@H](NC(=O)c1cncc(C2CCN(C(=O)C3(C#N)CC3)CC2)c1)c1ccc(C(=C2CC3(C2)CN(C)C3)c2ccc(F)cc2)cc1. The van der Waals surface area contributed by atoms with Gasteiger partial charge < -0.3 is 15.1 Å². The molecule has 1 aromatic heterocycles. The molecule has 0 unspecified atom stereocenters. The van der Waals surface area contributed by atoms with E-state index in [1.54, 1.807) is 6.20 Å². The second-order valence-corrected chi connectivity index (χ2v) is 14.1. The van der Waals surface area contributed by atoms with Gasteiger partial charge in [0.2, 0.25) is 5.91 Å². The van der Waals surface area contributed by atoms with Crippen molar-refractivity contribution in [3.63, 3.8) is 0 Å². The summed E-state index contributed by atoms with van der Waals surface area (Å²) in [5.41, 5.74) is 6.90. The minimum atomic E-state index is -0.779. The number of rotatable bonds is 7. The van der Waals surface area contributed by atoms with E-state index < -0.39 is 5.41 Å². The summed E-state index contributed by atoms with van der Waals surface area (Å²) >= 11 is 0. The van der Waals surface area contributed by atoms with Crippen LogP contribution >= 0.6 is 0 Å². The first-order chi connectivity index (χ1) is 22.2. The van der Waals surface area contributed by atoms with E-state index in [0.717, 1.165) is 61.0 Å². The largest absolute Gasteiger partial charge is 0.345 e. The summed E-state index contributed by atoms with van der Waals surface area (Å²) < 4.78 is 13.8. The molecule has 3 aromatic rings. The van der Waals surface area contributed by atoms with E-state index in [9.17, 15) is 19.2 Å². The number of carbonyl (C=O) groups excluding carboxylic acids is 2. The first-order valence-corrected chi connectivity index (χ1v) is 16.4. The molecular weight excluding hydrogens is 577 g/mol. The number of aromatic nitrogens is 1. The molecule has 4 aliphatic rings. The predicted octanol–water partition coefficient (Wildman–Crippen LogP) is 6.25. The number of benzene rings is 2. The molecule has 8 heteroatoms. The van der Waals surface area contributed by atoms with Gasteiger partial charge in [0.25, 0.3) is 5.91 Å². The number of halogens is 1. The van der Waals surface area contributed by atoms with Crippen LogP contribution in [0.5, 0.6) is 0 Å². The Balaban J connectivity index is 1.00. The lowest BCUT2D eigenvalue weighted by molar-refractivity contribution is -0.136. The van der Waals surface area contributed by atoms with Crippen LogP contribution in [0.3, 0.4) is 0 Å². The number of pyridine rings is 1. The van der Waals surface area contributed by atoms with Crippen molar-refractivity contribution in [2.45, 2.75) is 57.4 Å². The zero-order valence-corrected chi connectivity index (χ0v) is 26.6. The van der Waals surface area contributed by atoms with Crippen LogP contribution < -0.4 is 5.32 Å². The Hall–Kier alpha value is -4.35. The number of amides is 2. The summed E-state index contributed by atoms with van der Waals surface area (Å²) in [5.74, 6) is -0.225. The van der Waals surface area contributed by atoms with Crippen molar-refractivity contribution in [3.05, 3.63) is 106 Å². The molecule has 2 amide bonds. The van der Waals surface area contributed by atoms with Gasteiger partial charge in [0.15, 0.2) is 0 Å². The summed E-state index contributed by atoms with van der Waals surface area (Å²) in [7, 11) is 2.16. The van der Waals surface area contributed by atoms with Crippen LogP contribution in [0.2, 0.25) is 0 Å². The number of nitrogens with zero attached hydrogens (tertiary/aromatic N) is 4. The smallest absolute Gasteiger partial charge is 0.253 e. The normalized spacial score (nSPS) is 20.7. The van der Waals surface area contributed by atoms with Crippen molar-refractivity contribution in [3.8, 4) is 6.07 Å². The number of allylic oxidation sites excluding steroid dienone is 1. The highest BCUT2D eigenvalue weighted by molar-refractivity contribution is 5.94. The molecule has 1 atom stereocenters. The minimum absolute atomic E-state index is 0.0248. The highest BCUT2D eigenvalue weighted by Crippen LogP contribution is 2.54. The molecule has 3 heterocycles. The Bertz CT molecular complexity index is 1710. The van der Waals surface area contributed by atoms with Gasteiger partial charge in [-0.2, -0.15) is 5.26 Å². The third kappa shape index (κ3) is 5.73. The van der Waals surface area contributed by atoms with Crippen LogP contribution in [0.4, 0.5) is 4.39 Å². The molecule has 7 nitrogen and oxygen atoms in total. The third-order valence-electron chi connectivity index (χ3n) is 10.6. The van der Waals surface area contributed by atoms with Crippen LogP contribution in [0.1, 0.15) is 90.0 Å². The van der Waals surface area contributed by atoms with Gasteiger partial charge in [0, 0.05) is 44.0 Å². The highest BCUT2D eigenvalue weighted by Gasteiger charge is 2.53. The molecular formula is C38H40FN5O2. The summed E-state index contributed by atoms with van der Waals surface area (Å²) in [6.45, 7) is 5.48. The fourth-order valence-corrected chi connectivity index (χ4v) is 7.87. The van der Waals surface area contributed by atoms with Crippen molar-refractivity contribution < 1.29 is 14.0 Å². The average Bonchev–Trinajstić information content (AvgIpc) is 3.85. The molecule has 0 bridgehead atoms. The Morgan fingerprint density at radius 3 is 2.20 bits per heavy atom. The second-order valence-electron chi connectivity index (χ2n) is 14.1. The van der Waals surface area contributed by atoms with E-state index in [0.29, 0.717) is 36.9 Å². The van der Waals surface area contributed by atoms with E-state index in [1.807, 2.05) is 36.2 Å². The van der Waals surface area contributed by atoms with E-state index in [1.165, 1.54) is 23.3 Å². The van der Waals surface area contributed by atoms with Gasteiger partial charge in [-0.15, -0.1) is 0 Å². The molecule has 2 aliphatic heterocycles. The molecule has 2 aromatic carbocycles. The maximum atomic E-state index is 13.8. The number of nitrogens with one attached hydrogen (secondary N) is 1. The fourth-order valence-electron chi connectivity index (χ4n) is 7.87. The summed E-state index contributed by atoms with van der Waals surface area (Å²) in [6.07, 6.45) is 8.48. The molecule has 1 spiro atoms. The van der Waals surface area contributed by atoms with Crippen LogP contribution in [0.25, 0.3) is 5.57 Å². The molecule has 0 radical (unpaired) electrons. The van der Waals surface area contributed by atoms with Gasteiger partial charge in [-0.1, -0.05) is 42.0 Å². The Labute approximate surface area is 270 Å². The van der Waals surface area contributed by atoms with Crippen molar-refractivity contribution in [1.82, 2.24) is 20.1 Å². The number of carbonyl (C=O) groups is 2. The lowest BCUT2D eigenvalue weighted by Crippen LogP contribution is -2.58. The quantitative estimate of drug-likeness (QED) is 0.339. The fraction of sp³-hybridized carbons (Fsp3) is 0.421. The summed E-state index contributed by atoms with van der Waals surface area (Å²) in [6, 6.07) is 19.1. The summed E-state index contributed by atoms with van der Waals surface area (Å²) in [5, 5.41) is 12.5. The molecule has 2 aliphatic carbocycles. The van der Waals surface area contributed by atoms with Crippen LogP contribution in [-0.2, 0) is 4.79 Å². The molecule has 236 valence electrons. The number of likely N-dealkylation sites (tertiary alicyclic amines) is 2. The maximum absolute atomic E-state index is 13.8. The van der Waals surface area contributed by atoms with Gasteiger partial charge in [0.05, 0.1) is 17.7 Å². The Morgan fingerprint density at radius 2 is 1.61 bits per heavy atom. The lowest BCUT2D eigenvalue weighted by Gasteiger charge is -2.56. The lowest BCUT2D eigenvalue weighted by atomic mass is 9.59. The average molecular weight is 618 g/mol. The molecule has 4 fully saturated rings. The molecule has 2 saturated carbocycles. The maximum Gasteiger partial charge on any atom is 0.253 e. The molecule has 46 heavy (non-hydrogen) atoms. The number of nitriles is 1. The monoisotopic (exact) mass is 617 g/mol. The van der Waals surface area contributed by atoms with Crippen molar-refractivity contribution >= 4 is 17.4 Å². The zero-order chi connectivity index (χ0) is 32.1. The second kappa shape index (κ2) is 11.8. The zero-order valence-electron chi connectivity index (χ0n) is 26.6. The van der Waals surface area contributed by atoms with Gasteiger partial charge in [0.1, 0.15) is 11.2 Å². The van der Waals surface area contributed by atoms with Crippen LogP contribution in [0.15, 0.2) is 72.6 Å². The van der Waals surface area contributed by atoms with Gasteiger partial charge in [-0.3, -0.25) is 14.6 Å².